The second-order valence-corrected chi connectivity index (χ2v) is 4.93. The van der Waals surface area contributed by atoms with Crippen molar-refractivity contribution in [3.8, 4) is 17.6 Å². The first-order valence-corrected chi connectivity index (χ1v) is 7.41. The summed E-state index contributed by atoms with van der Waals surface area (Å²) < 4.78 is 14.5. The van der Waals surface area contributed by atoms with Crippen molar-refractivity contribution >= 4 is 35.1 Å². The molecule has 0 fully saturated rings. The molecule has 0 spiro atoms. The molecule has 0 N–H and O–H groups in total. The Hall–Kier alpha value is -2.42. The summed E-state index contributed by atoms with van der Waals surface area (Å²) in [5, 5.41) is 0.778. The third-order valence-electron chi connectivity index (χ3n) is 2.37. The molecule has 1 rings (SSSR count). The van der Waals surface area contributed by atoms with E-state index >= 15 is 0 Å². The summed E-state index contributed by atoms with van der Waals surface area (Å²) in [6, 6.07) is 4.67. The number of carbonyl (C=O) groups excluding carboxylic acids is 2. The van der Waals surface area contributed by atoms with Gasteiger partial charge in [-0.3, -0.25) is 0 Å². The molecule has 126 valence electrons. The molecule has 24 heavy (non-hydrogen) atoms. The number of methoxy groups -OCH3 is 1. The zero-order valence-corrected chi connectivity index (χ0v) is 14.3. The minimum absolute atomic E-state index is 0.0817. The van der Waals surface area contributed by atoms with Crippen LogP contribution >= 0.6 is 23.2 Å². The van der Waals surface area contributed by atoms with Crippen molar-refractivity contribution in [3.63, 3.8) is 0 Å². The highest BCUT2D eigenvalue weighted by atomic mass is 35.5. The summed E-state index contributed by atoms with van der Waals surface area (Å²) >= 11 is 11.7. The number of ether oxygens (including phenoxy) is 3. The number of halogens is 2. The molecule has 1 aromatic rings. The van der Waals surface area contributed by atoms with E-state index < -0.39 is 11.9 Å². The fourth-order valence-electron chi connectivity index (χ4n) is 1.29. The number of esters is 2. The third-order valence-corrected chi connectivity index (χ3v) is 2.90. The van der Waals surface area contributed by atoms with Gasteiger partial charge in [0.25, 0.3) is 0 Å². The van der Waals surface area contributed by atoms with Gasteiger partial charge in [0.05, 0.1) is 12.1 Å². The molecule has 5 nitrogen and oxygen atoms in total. The van der Waals surface area contributed by atoms with E-state index in [2.05, 4.69) is 16.6 Å². The van der Waals surface area contributed by atoms with Gasteiger partial charge in [-0.15, -0.1) is 0 Å². The van der Waals surface area contributed by atoms with E-state index in [4.69, 9.17) is 32.7 Å². The highest BCUT2D eigenvalue weighted by Crippen LogP contribution is 2.27. The first-order valence-electron chi connectivity index (χ1n) is 6.66. The molecule has 0 saturated carbocycles. The van der Waals surface area contributed by atoms with Gasteiger partial charge in [-0.05, 0) is 24.3 Å². The number of hydrogen-bond acceptors (Lipinski definition) is 5. The van der Waals surface area contributed by atoms with Gasteiger partial charge in [0.2, 0.25) is 0 Å². The average molecular weight is 369 g/mol. The van der Waals surface area contributed by atoms with Gasteiger partial charge < -0.3 is 14.2 Å². The monoisotopic (exact) mass is 368 g/mol. The molecule has 1 aromatic carbocycles. The van der Waals surface area contributed by atoms with Crippen LogP contribution in [0, 0.1) is 11.8 Å². The van der Waals surface area contributed by atoms with Crippen molar-refractivity contribution in [3.05, 3.63) is 52.5 Å². The lowest BCUT2D eigenvalue weighted by atomic mass is 10.3. The summed E-state index contributed by atoms with van der Waals surface area (Å²) in [6.07, 6.45) is 5.78. The van der Waals surface area contributed by atoms with Crippen LogP contribution < -0.4 is 4.74 Å². The predicted molar refractivity (Wildman–Crippen MR) is 91.0 cm³/mol. The topological polar surface area (TPSA) is 61.8 Å². The summed E-state index contributed by atoms with van der Waals surface area (Å²) in [7, 11) is 1.29. The van der Waals surface area contributed by atoms with Crippen LogP contribution in [0.2, 0.25) is 10.0 Å². The van der Waals surface area contributed by atoms with Gasteiger partial charge in [-0.1, -0.05) is 47.2 Å². The van der Waals surface area contributed by atoms with E-state index in [0.29, 0.717) is 15.8 Å². The third kappa shape index (κ3) is 8.28. The maximum atomic E-state index is 11.5. The number of allylic oxidation sites excluding steroid dienone is 3. The Morgan fingerprint density at radius 1 is 1.25 bits per heavy atom. The van der Waals surface area contributed by atoms with E-state index in [9.17, 15) is 9.59 Å². The molecule has 0 bridgehead atoms. The highest BCUT2D eigenvalue weighted by molar-refractivity contribution is 6.35. The van der Waals surface area contributed by atoms with Crippen molar-refractivity contribution < 1.29 is 23.8 Å². The molecule has 0 radical (unpaired) electrons. The summed E-state index contributed by atoms with van der Waals surface area (Å²) in [5.74, 6) is 4.54. The fourth-order valence-corrected chi connectivity index (χ4v) is 1.76. The molecule has 0 amide bonds. The normalized spacial score (nSPS) is 10.3. The molecular formula is C17H14Cl2O5. The quantitative estimate of drug-likeness (QED) is 0.334. The van der Waals surface area contributed by atoms with Gasteiger partial charge >= 0.3 is 11.9 Å². The molecule has 0 aliphatic carbocycles. The Morgan fingerprint density at radius 3 is 2.75 bits per heavy atom. The molecule has 0 aliphatic rings. The van der Waals surface area contributed by atoms with Crippen LogP contribution in [0.25, 0.3) is 0 Å². The average Bonchev–Trinajstić information content (AvgIpc) is 2.56. The van der Waals surface area contributed by atoms with Crippen LogP contribution in [0.1, 0.15) is 0 Å². The minimum atomic E-state index is -0.579. The standard InChI is InChI=1S/C17H14Cl2O5/c1-22-16(20)7-5-3-2-4-6-10-23-17(21)12-24-15-9-8-13(18)11-14(15)19/h2-3,5,7-9,11H,10,12H2,1H3/b3-2+,7-5+. The van der Waals surface area contributed by atoms with Crippen LogP contribution in [0.4, 0.5) is 0 Å². The van der Waals surface area contributed by atoms with Gasteiger partial charge in [-0.25, -0.2) is 9.59 Å². The lowest BCUT2D eigenvalue weighted by Crippen LogP contribution is -2.15. The van der Waals surface area contributed by atoms with Crippen LogP contribution in [0.3, 0.4) is 0 Å². The van der Waals surface area contributed by atoms with Crippen molar-refractivity contribution in [1.29, 1.82) is 0 Å². The molecule has 0 atom stereocenters. The second kappa shape index (κ2) is 11.2. The maximum absolute atomic E-state index is 11.5. The highest BCUT2D eigenvalue weighted by Gasteiger charge is 2.06. The zero-order valence-electron chi connectivity index (χ0n) is 12.8. The molecule has 0 aliphatic heterocycles. The Morgan fingerprint density at radius 2 is 2.04 bits per heavy atom. The summed E-state index contributed by atoms with van der Waals surface area (Å²) in [5.41, 5.74) is 0. The molecule has 0 aromatic heterocycles. The predicted octanol–water partition coefficient (Wildman–Crippen LogP) is 3.20. The van der Waals surface area contributed by atoms with Crippen molar-refractivity contribution in [2.24, 2.45) is 0 Å². The van der Waals surface area contributed by atoms with Gasteiger partial charge in [0, 0.05) is 11.1 Å². The van der Waals surface area contributed by atoms with Gasteiger partial charge in [-0.2, -0.15) is 0 Å². The minimum Gasteiger partial charge on any atom is -0.480 e. The van der Waals surface area contributed by atoms with Crippen molar-refractivity contribution in [2.45, 2.75) is 0 Å². The summed E-state index contributed by atoms with van der Waals surface area (Å²) in [4.78, 5) is 22.2. The van der Waals surface area contributed by atoms with E-state index in [1.54, 1.807) is 18.2 Å². The van der Waals surface area contributed by atoms with E-state index in [1.165, 1.54) is 31.4 Å². The second-order valence-electron chi connectivity index (χ2n) is 4.09. The molecule has 0 saturated heterocycles. The maximum Gasteiger partial charge on any atom is 0.345 e. The Balaban J connectivity index is 2.27. The first-order chi connectivity index (χ1) is 11.5. The SMILES string of the molecule is COC(=O)/C=C/C=C/C#CCOC(=O)COc1ccc(Cl)cc1Cl. The van der Waals surface area contributed by atoms with Crippen LogP contribution in [0.5, 0.6) is 5.75 Å². The smallest absolute Gasteiger partial charge is 0.345 e. The summed E-state index contributed by atoms with van der Waals surface area (Å²) in [6.45, 7) is -0.373. The largest absolute Gasteiger partial charge is 0.480 e. The molecule has 0 unspecified atom stereocenters. The van der Waals surface area contributed by atoms with E-state index in [1.807, 2.05) is 0 Å². The molecule has 7 heteroatoms. The fraction of sp³-hybridized carbons (Fsp3) is 0.176. The molecular weight excluding hydrogens is 355 g/mol. The van der Waals surface area contributed by atoms with Crippen molar-refractivity contribution in [2.75, 3.05) is 20.3 Å². The lowest BCUT2D eigenvalue weighted by molar-refractivity contribution is -0.144. The first kappa shape index (κ1) is 19.6. The van der Waals surface area contributed by atoms with Gasteiger partial charge in [0.1, 0.15) is 5.75 Å². The number of carbonyl (C=O) groups is 2. The Labute approximate surface area is 149 Å². The Bertz CT molecular complexity index is 699. The number of rotatable bonds is 6. The van der Waals surface area contributed by atoms with Gasteiger partial charge in [0.15, 0.2) is 13.2 Å². The lowest BCUT2D eigenvalue weighted by Gasteiger charge is -2.07. The van der Waals surface area contributed by atoms with E-state index in [-0.39, 0.29) is 13.2 Å². The zero-order chi connectivity index (χ0) is 17.8. The van der Waals surface area contributed by atoms with Crippen molar-refractivity contribution in [1.82, 2.24) is 0 Å². The van der Waals surface area contributed by atoms with Crippen LogP contribution in [-0.2, 0) is 19.1 Å². The van der Waals surface area contributed by atoms with Crippen LogP contribution in [-0.4, -0.2) is 32.3 Å². The number of benzene rings is 1. The van der Waals surface area contributed by atoms with E-state index in [0.717, 1.165) is 0 Å². The number of hydrogen-bond donors (Lipinski definition) is 0. The Kier molecular flexibility index (Phi) is 9.13. The van der Waals surface area contributed by atoms with Crippen LogP contribution in [0.15, 0.2) is 42.5 Å². The molecule has 0 heterocycles.